The Bertz CT molecular complexity index is 472. The molecule has 0 heterocycles. The lowest BCUT2D eigenvalue weighted by molar-refractivity contribution is 0.272. The van der Waals surface area contributed by atoms with Crippen LogP contribution >= 0.6 is 15.9 Å². The van der Waals surface area contributed by atoms with Gasteiger partial charge in [0.1, 0.15) is 0 Å². The molecule has 0 atom stereocenters. The molecule has 5 heteroatoms. The summed E-state index contributed by atoms with van der Waals surface area (Å²) in [6, 6.07) is 6.17. The van der Waals surface area contributed by atoms with Crippen molar-refractivity contribution in [2.75, 3.05) is 19.8 Å². The van der Waals surface area contributed by atoms with Gasteiger partial charge in [-0.15, -0.1) is 0 Å². The molecule has 0 amide bonds. The number of nitrogens with zero attached hydrogens (tertiary/aromatic N) is 1. The van der Waals surface area contributed by atoms with E-state index in [0.29, 0.717) is 31.8 Å². The van der Waals surface area contributed by atoms with Crippen molar-refractivity contribution < 1.29 is 9.47 Å². The molecule has 116 valence electrons. The Balaban J connectivity index is 2.78. The zero-order chi connectivity index (χ0) is 15.5. The normalized spacial score (nSPS) is 10.2. The van der Waals surface area contributed by atoms with Gasteiger partial charge < -0.3 is 14.8 Å². The molecule has 0 aliphatic carbocycles. The second kappa shape index (κ2) is 10.5. The van der Waals surface area contributed by atoms with Crippen LogP contribution in [0.4, 0.5) is 0 Å². The molecule has 0 saturated carbocycles. The summed E-state index contributed by atoms with van der Waals surface area (Å²) in [7, 11) is 0. The summed E-state index contributed by atoms with van der Waals surface area (Å²) in [6.07, 6.45) is 2.33. The Morgan fingerprint density at radius 2 is 2.10 bits per heavy atom. The maximum atomic E-state index is 8.55. The van der Waals surface area contributed by atoms with Gasteiger partial charge in [0.15, 0.2) is 11.5 Å². The summed E-state index contributed by atoms with van der Waals surface area (Å²) in [5.41, 5.74) is 1.16. The van der Waals surface area contributed by atoms with Gasteiger partial charge in [0.2, 0.25) is 0 Å². The van der Waals surface area contributed by atoms with Crippen molar-refractivity contribution in [2.45, 2.75) is 39.7 Å². The first-order chi connectivity index (χ1) is 10.2. The van der Waals surface area contributed by atoms with Crippen LogP contribution in [0.3, 0.4) is 0 Å². The largest absolute Gasteiger partial charge is 0.490 e. The van der Waals surface area contributed by atoms with Gasteiger partial charge in [-0.1, -0.05) is 6.92 Å². The zero-order valence-corrected chi connectivity index (χ0v) is 14.3. The Morgan fingerprint density at radius 3 is 2.76 bits per heavy atom. The molecule has 1 N–H and O–H groups in total. The van der Waals surface area contributed by atoms with Crippen molar-refractivity contribution >= 4 is 15.9 Å². The molecule has 4 nitrogen and oxygen atoms in total. The van der Waals surface area contributed by atoms with Gasteiger partial charge in [0, 0.05) is 13.0 Å². The minimum absolute atomic E-state index is 0.501. The topological polar surface area (TPSA) is 54.3 Å². The van der Waals surface area contributed by atoms with E-state index in [1.165, 1.54) is 0 Å². The van der Waals surface area contributed by atoms with Crippen LogP contribution in [0.5, 0.6) is 11.5 Å². The number of nitrogens with one attached hydrogen (secondary N) is 1. The van der Waals surface area contributed by atoms with E-state index in [9.17, 15) is 0 Å². The average molecular weight is 355 g/mol. The van der Waals surface area contributed by atoms with Gasteiger partial charge in [-0.05, 0) is 59.9 Å². The van der Waals surface area contributed by atoms with E-state index in [-0.39, 0.29) is 0 Å². The van der Waals surface area contributed by atoms with Gasteiger partial charge in [-0.25, -0.2) is 0 Å². The maximum Gasteiger partial charge on any atom is 0.175 e. The molecule has 0 fully saturated rings. The molecule has 1 rings (SSSR count). The Kier molecular flexibility index (Phi) is 8.88. The van der Waals surface area contributed by atoms with Crippen LogP contribution in [0.15, 0.2) is 16.6 Å². The van der Waals surface area contributed by atoms with E-state index in [2.05, 4.69) is 34.2 Å². The van der Waals surface area contributed by atoms with E-state index in [1.54, 1.807) is 0 Å². The highest BCUT2D eigenvalue weighted by Gasteiger charge is 2.12. The first-order valence-electron chi connectivity index (χ1n) is 7.38. The lowest BCUT2D eigenvalue weighted by atomic mass is 10.2. The molecular formula is C16H23BrN2O2. The lowest BCUT2D eigenvalue weighted by Gasteiger charge is -2.15. The summed E-state index contributed by atoms with van der Waals surface area (Å²) in [4.78, 5) is 0. The first kappa shape index (κ1) is 17.8. The number of benzene rings is 1. The molecule has 1 aromatic rings. The van der Waals surface area contributed by atoms with Gasteiger partial charge in [0.05, 0.1) is 23.8 Å². The standard InChI is InChI=1S/C16H23BrN2O2/c1-3-8-19-12-13-10-14(17)16(15(11-13)20-4-2)21-9-6-5-7-18/h10-11,19H,3-6,8-9,12H2,1-2H3. The lowest BCUT2D eigenvalue weighted by Crippen LogP contribution is -2.14. The van der Waals surface area contributed by atoms with Crippen molar-refractivity contribution in [3.63, 3.8) is 0 Å². The fourth-order valence-electron chi connectivity index (χ4n) is 1.86. The second-order valence-electron chi connectivity index (χ2n) is 4.62. The summed E-state index contributed by atoms with van der Waals surface area (Å²) >= 11 is 3.55. The van der Waals surface area contributed by atoms with Crippen molar-refractivity contribution in [3.05, 3.63) is 22.2 Å². The van der Waals surface area contributed by atoms with Crippen LogP contribution in [-0.2, 0) is 6.54 Å². The number of hydrogen-bond donors (Lipinski definition) is 1. The average Bonchev–Trinajstić information content (AvgIpc) is 2.46. The second-order valence-corrected chi connectivity index (χ2v) is 5.48. The fraction of sp³-hybridized carbons (Fsp3) is 0.562. The van der Waals surface area contributed by atoms with E-state index in [4.69, 9.17) is 14.7 Å². The molecule has 0 aromatic heterocycles. The number of rotatable bonds is 10. The fourth-order valence-corrected chi connectivity index (χ4v) is 2.47. The molecular weight excluding hydrogens is 332 g/mol. The van der Waals surface area contributed by atoms with Crippen LogP contribution in [0, 0.1) is 11.3 Å². The van der Waals surface area contributed by atoms with Crippen LogP contribution in [0.25, 0.3) is 0 Å². The molecule has 0 aliphatic rings. The summed E-state index contributed by atoms with van der Waals surface area (Å²) < 4.78 is 12.3. The number of hydrogen-bond acceptors (Lipinski definition) is 4. The van der Waals surface area contributed by atoms with Crippen molar-refractivity contribution in [2.24, 2.45) is 0 Å². The van der Waals surface area contributed by atoms with Crippen LogP contribution in [0.2, 0.25) is 0 Å². The molecule has 0 bridgehead atoms. The molecule has 21 heavy (non-hydrogen) atoms. The smallest absolute Gasteiger partial charge is 0.175 e. The number of unbranched alkanes of at least 4 members (excludes halogenated alkanes) is 1. The highest BCUT2D eigenvalue weighted by molar-refractivity contribution is 9.10. The molecule has 0 radical (unpaired) electrons. The molecule has 0 saturated heterocycles. The summed E-state index contributed by atoms with van der Waals surface area (Å²) in [5.74, 6) is 1.46. The summed E-state index contributed by atoms with van der Waals surface area (Å²) in [6.45, 7) is 7.00. The van der Waals surface area contributed by atoms with Gasteiger partial charge in [0.25, 0.3) is 0 Å². The van der Waals surface area contributed by atoms with Crippen LogP contribution in [0.1, 0.15) is 38.7 Å². The maximum absolute atomic E-state index is 8.55. The molecule has 0 aliphatic heterocycles. The van der Waals surface area contributed by atoms with Gasteiger partial charge >= 0.3 is 0 Å². The van der Waals surface area contributed by atoms with Gasteiger partial charge in [-0.3, -0.25) is 0 Å². The van der Waals surface area contributed by atoms with Crippen LogP contribution < -0.4 is 14.8 Å². The van der Waals surface area contributed by atoms with Crippen molar-refractivity contribution in [1.29, 1.82) is 5.26 Å². The number of halogens is 1. The van der Waals surface area contributed by atoms with Gasteiger partial charge in [-0.2, -0.15) is 5.26 Å². The third-order valence-electron chi connectivity index (χ3n) is 2.80. The number of ether oxygens (including phenoxy) is 2. The van der Waals surface area contributed by atoms with Crippen LogP contribution in [-0.4, -0.2) is 19.8 Å². The predicted molar refractivity (Wildman–Crippen MR) is 87.7 cm³/mol. The van der Waals surface area contributed by atoms with E-state index in [1.807, 2.05) is 19.1 Å². The third-order valence-corrected chi connectivity index (χ3v) is 3.39. The highest BCUT2D eigenvalue weighted by Crippen LogP contribution is 2.37. The van der Waals surface area contributed by atoms with E-state index >= 15 is 0 Å². The Morgan fingerprint density at radius 1 is 1.29 bits per heavy atom. The minimum Gasteiger partial charge on any atom is -0.490 e. The minimum atomic E-state index is 0.501. The molecule has 0 unspecified atom stereocenters. The Hall–Kier alpha value is -1.25. The third kappa shape index (κ3) is 6.36. The SMILES string of the molecule is CCCNCc1cc(Br)c(OCCCC#N)c(OCC)c1. The zero-order valence-electron chi connectivity index (χ0n) is 12.7. The Labute approximate surface area is 135 Å². The summed E-state index contributed by atoms with van der Waals surface area (Å²) in [5, 5.41) is 11.9. The van der Waals surface area contributed by atoms with Crippen molar-refractivity contribution in [1.82, 2.24) is 5.32 Å². The number of nitriles is 1. The van der Waals surface area contributed by atoms with E-state index in [0.717, 1.165) is 35.3 Å². The van der Waals surface area contributed by atoms with Crippen molar-refractivity contribution in [3.8, 4) is 17.6 Å². The molecule has 1 aromatic carbocycles. The quantitative estimate of drug-likeness (QED) is 0.644. The predicted octanol–water partition coefficient (Wildman–Crippen LogP) is 4.03. The van der Waals surface area contributed by atoms with E-state index < -0.39 is 0 Å². The highest BCUT2D eigenvalue weighted by atomic mass is 79.9. The monoisotopic (exact) mass is 354 g/mol. The molecule has 0 spiro atoms. The first-order valence-corrected chi connectivity index (χ1v) is 8.17.